The van der Waals surface area contributed by atoms with Crippen molar-refractivity contribution in [2.45, 2.75) is 71.8 Å². The van der Waals surface area contributed by atoms with Gasteiger partial charge in [-0.3, -0.25) is 9.59 Å². The summed E-state index contributed by atoms with van der Waals surface area (Å²) >= 11 is 0. The molecule has 0 radical (unpaired) electrons. The molecule has 1 aromatic heterocycles. The lowest BCUT2D eigenvalue weighted by Gasteiger charge is -2.30. The second-order valence-electron chi connectivity index (χ2n) is 10.1. The third kappa shape index (κ3) is 6.56. The van der Waals surface area contributed by atoms with Gasteiger partial charge in [-0.2, -0.15) is 4.98 Å². The van der Waals surface area contributed by atoms with Crippen LogP contribution in [0, 0.1) is 0 Å². The second kappa shape index (κ2) is 13.2. The molecular formula is C31H40N6O2. The Labute approximate surface area is 231 Å². The predicted octanol–water partition coefficient (Wildman–Crippen LogP) is 6.84. The molecule has 1 aliphatic rings. The molecule has 0 fully saturated rings. The van der Waals surface area contributed by atoms with Crippen LogP contribution in [0.2, 0.25) is 0 Å². The maximum Gasteiger partial charge on any atom is 0.260 e. The standard InChI is InChI=1S/C31H40N6O2/c1-5-7-8-9-10-13-20-32-29(38)23-16-18-24(19-17-23)34-31-33-21-27-28(35-31)37(22(3)6-2)26-15-12-11-14-25(26)30(39)36(27)4/h11-12,14-19,21-22H,5-10,13,20H2,1-4H3,(H,32,38)(H,33,34,35). The number of benzene rings is 2. The molecule has 206 valence electrons. The number of para-hydroxylation sites is 1. The zero-order valence-electron chi connectivity index (χ0n) is 23.5. The Morgan fingerprint density at radius 3 is 2.41 bits per heavy atom. The highest BCUT2D eigenvalue weighted by Crippen LogP contribution is 2.40. The van der Waals surface area contributed by atoms with E-state index in [1.165, 1.54) is 25.7 Å². The van der Waals surface area contributed by atoms with E-state index < -0.39 is 0 Å². The van der Waals surface area contributed by atoms with E-state index in [1.807, 2.05) is 36.4 Å². The zero-order valence-corrected chi connectivity index (χ0v) is 23.5. The van der Waals surface area contributed by atoms with E-state index in [1.54, 1.807) is 30.3 Å². The summed E-state index contributed by atoms with van der Waals surface area (Å²) < 4.78 is 0. The van der Waals surface area contributed by atoms with Crippen LogP contribution in [0.5, 0.6) is 0 Å². The van der Waals surface area contributed by atoms with Crippen LogP contribution in [0.4, 0.5) is 28.8 Å². The van der Waals surface area contributed by atoms with Crippen LogP contribution in [0.15, 0.2) is 54.7 Å². The van der Waals surface area contributed by atoms with Gasteiger partial charge in [0.1, 0.15) is 5.69 Å². The molecule has 8 nitrogen and oxygen atoms in total. The molecule has 1 atom stereocenters. The molecule has 2 amide bonds. The topological polar surface area (TPSA) is 90.5 Å². The molecule has 2 heterocycles. The van der Waals surface area contributed by atoms with E-state index in [2.05, 4.69) is 41.3 Å². The van der Waals surface area contributed by atoms with E-state index in [9.17, 15) is 9.59 Å². The Balaban J connectivity index is 1.48. The van der Waals surface area contributed by atoms with Crippen molar-refractivity contribution >= 4 is 40.6 Å². The number of anilines is 5. The van der Waals surface area contributed by atoms with E-state index in [0.717, 1.165) is 30.6 Å². The first-order valence-electron chi connectivity index (χ1n) is 14.1. The molecule has 0 saturated heterocycles. The highest BCUT2D eigenvalue weighted by atomic mass is 16.2. The minimum Gasteiger partial charge on any atom is -0.352 e. The summed E-state index contributed by atoms with van der Waals surface area (Å²) in [6.45, 7) is 7.15. The fourth-order valence-electron chi connectivity index (χ4n) is 4.78. The van der Waals surface area contributed by atoms with Crippen molar-refractivity contribution < 1.29 is 9.59 Å². The number of rotatable bonds is 12. The molecule has 0 spiro atoms. The third-order valence-electron chi connectivity index (χ3n) is 7.29. The molecule has 0 aliphatic carbocycles. The lowest BCUT2D eigenvalue weighted by atomic mass is 10.1. The van der Waals surface area contributed by atoms with Gasteiger partial charge < -0.3 is 20.4 Å². The second-order valence-corrected chi connectivity index (χ2v) is 10.1. The number of aromatic nitrogens is 2. The number of nitrogens with one attached hydrogen (secondary N) is 2. The van der Waals surface area contributed by atoms with Crippen LogP contribution in [0.3, 0.4) is 0 Å². The van der Waals surface area contributed by atoms with Gasteiger partial charge in [0.2, 0.25) is 5.95 Å². The summed E-state index contributed by atoms with van der Waals surface area (Å²) in [4.78, 5) is 38.9. The summed E-state index contributed by atoms with van der Waals surface area (Å²) in [5.41, 5.74) is 3.52. The van der Waals surface area contributed by atoms with Crippen LogP contribution in [0.25, 0.3) is 0 Å². The summed E-state index contributed by atoms with van der Waals surface area (Å²) in [6, 6.07) is 15.1. The van der Waals surface area contributed by atoms with Crippen molar-refractivity contribution in [3.63, 3.8) is 0 Å². The molecule has 1 unspecified atom stereocenters. The first kappa shape index (κ1) is 28.1. The quantitative estimate of drug-likeness (QED) is 0.250. The molecular weight excluding hydrogens is 488 g/mol. The number of hydrogen-bond acceptors (Lipinski definition) is 6. The number of hydrogen-bond donors (Lipinski definition) is 2. The lowest BCUT2D eigenvalue weighted by molar-refractivity contribution is 0.0951. The van der Waals surface area contributed by atoms with Gasteiger partial charge >= 0.3 is 0 Å². The average molecular weight is 529 g/mol. The Morgan fingerprint density at radius 1 is 0.949 bits per heavy atom. The van der Waals surface area contributed by atoms with Crippen LogP contribution < -0.4 is 20.4 Å². The first-order chi connectivity index (χ1) is 18.9. The zero-order chi connectivity index (χ0) is 27.8. The Bertz CT molecular complexity index is 1280. The van der Waals surface area contributed by atoms with Crippen LogP contribution in [0.1, 0.15) is 86.4 Å². The van der Waals surface area contributed by atoms with Gasteiger partial charge in [-0.05, 0) is 56.2 Å². The van der Waals surface area contributed by atoms with Crippen molar-refractivity contribution in [2.24, 2.45) is 0 Å². The summed E-state index contributed by atoms with van der Waals surface area (Å²) in [5, 5.41) is 6.27. The maximum absolute atomic E-state index is 13.3. The molecule has 0 bridgehead atoms. The highest BCUT2D eigenvalue weighted by molar-refractivity contribution is 6.13. The fraction of sp³-hybridized carbons (Fsp3) is 0.419. The molecule has 3 aromatic rings. The number of fused-ring (bicyclic) bond motifs is 2. The van der Waals surface area contributed by atoms with Crippen molar-refractivity contribution in [1.29, 1.82) is 0 Å². The molecule has 4 rings (SSSR count). The number of unbranched alkanes of at least 4 members (excludes halogenated alkanes) is 5. The monoisotopic (exact) mass is 528 g/mol. The van der Waals surface area contributed by atoms with Gasteiger partial charge in [0.25, 0.3) is 11.8 Å². The SMILES string of the molecule is CCCCCCCCNC(=O)c1ccc(Nc2ncc3c(n2)N(C(C)CC)c2ccccc2C(=O)N3C)cc1. The largest absolute Gasteiger partial charge is 0.352 e. The van der Waals surface area contributed by atoms with E-state index in [4.69, 9.17) is 4.98 Å². The average Bonchev–Trinajstić information content (AvgIpc) is 3.05. The van der Waals surface area contributed by atoms with E-state index in [-0.39, 0.29) is 17.9 Å². The van der Waals surface area contributed by atoms with Crippen molar-refractivity contribution in [3.8, 4) is 0 Å². The predicted molar refractivity (Wildman–Crippen MR) is 159 cm³/mol. The summed E-state index contributed by atoms with van der Waals surface area (Å²) in [5.74, 6) is 0.940. The van der Waals surface area contributed by atoms with Crippen molar-refractivity contribution in [1.82, 2.24) is 15.3 Å². The highest BCUT2D eigenvalue weighted by Gasteiger charge is 2.32. The van der Waals surface area contributed by atoms with Crippen molar-refractivity contribution in [3.05, 3.63) is 65.9 Å². The Hall–Kier alpha value is -3.94. The molecule has 0 saturated carbocycles. The van der Waals surface area contributed by atoms with Crippen LogP contribution in [-0.4, -0.2) is 41.4 Å². The molecule has 2 N–H and O–H groups in total. The number of carbonyl (C=O) groups excluding carboxylic acids is 2. The van der Waals surface area contributed by atoms with Gasteiger partial charge in [0.05, 0.1) is 17.4 Å². The van der Waals surface area contributed by atoms with Gasteiger partial charge in [0, 0.05) is 30.9 Å². The fourth-order valence-corrected chi connectivity index (χ4v) is 4.78. The van der Waals surface area contributed by atoms with Crippen LogP contribution in [-0.2, 0) is 0 Å². The van der Waals surface area contributed by atoms with Gasteiger partial charge in [-0.25, -0.2) is 4.98 Å². The molecule has 8 heteroatoms. The number of amides is 2. The third-order valence-corrected chi connectivity index (χ3v) is 7.29. The van der Waals surface area contributed by atoms with Gasteiger partial charge in [-0.1, -0.05) is 58.1 Å². The summed E-state index contributed by atoms with van der Waals surface area (Å²) in [6.07, 6.45) is 9.73. The Kier molecular flexibility index (Phi) is 9.52. The van der Waals surface area contributed by atoms with E-state index >= 15 is 0 Å². The van der Waals surface area contributed by atoms with Crippen LogP contribution >= 0.6 is 0 Å². The van der Waals surface area contributed by atoms with Gasteiger partial charge in [-0.15, -0.1) is 0 Å². The molecule has 39 heavy (non-hydrogen) atoms. The van der Waals surface area contributed by atoms with Crippen molar-refractivity contribution in [2.75, 3.05) is 28.7 Å². The Morgan fingerprint density at radius 2 is 1.67 bits per heavy atom. The smallest absolute Gasteiger partial charge is 0.260 e. The first-order valence-corrected chi connectivity index (χ1v) is 14.1. The minimum absolute atomic E-state index is 0.0630. The minimum atomic E-state index is -0.0904. The lowest BCUT2D eigenvalue weighted by Crippen LogP contribution is -2.29. The molecule has 2 aromatic carbocycles. The summed E-state index contributed by atoms with van der Waals surface area (Å²) in [7, 11) is 1.75. The van der Waals surface area contributed by atoms with Gasteiger partial charge in [0.15, 0.2) is 5.82 Å². The number of nitrogens with zero attached hydrogens (tertiary/aromatic N) is 4. The molecule has 1 aliphatic heterocycles. The normalized spacial score (nSPS) is 13.4. The maximum atomic E-state index is 13.3. The number of carbonyl (C=O) groups is 2. The van der Waals surface area contributed by atoms with E-state index in [0.29, 0.717) is 35.1 Å².